The molecule has 124 valence electrons. The lowest BCUT2D eigenvalue weighted by atomic mass is 10.1. The van der Waals surface area contributed by atoms with E-state index in [1.165, 1.54) is 36.8 Å². The van der Waals surface area contributed by atoms with Crippen LogP contribution in [0.2, 0.25) is 0 Å². The first-order valence-electron chi connectivity index (χ1n) is 8.29. The van der Waals surface area contributed by atoms with Crippen LogP contribution in [0.15, 0.2) is 48.5 Å². The number of hydrogen-bond acceptors (Lipinski definition) is 2. The summed E-state index contributed by atoms with van der Waals surface area (Å²) in [6.07, 6.45) is 5.52. The van der Waals surface area contributed by atoms with Gasteiger partial charge in [-0.1, -0.05) is 69.2 Å². The van der Waals surface area contributed by atoms with E-state index in [1.807, 2.05) is 31.2 Å². The summed E-state index contributed by atoms with van der Waals surface area (Å²) >= 11 is 0. The van der Waals surface area contributed by atoms with Crippen molar-refractivity contribution < 1.29 is 4.79 Å². The van der Waals surface area contributed by atoms with E-state index >= 15 is 0 Å². The Hall–Kier alpha value is -2.29. The molecule has 0 bridgehead atoms. The summed E-state index contributed by atoms with van der Waals surface area (Å²) in [7, 11) is 0. The number of amides is 1. The van der Waals surface area contributed by atoms with Crippen LogP contribution >= 0.6 is 0 Å². The molecular weight excluding hydrogens is 284 g/mol. The van der Waals surface area contributed by atoms with Crippen LogP contribution in [0.4, 0.5) is 5.69 Å². The van der Waals surface area contributed by atoms with E-state index in [-0.39, 0.29) is 0 Å². The normalized spacial score (nSPS) is 9.52. The minimum Gasteiger partial charge on any atom is -0.299 e. The molecule has 0 heterocycles. The van der Waals surface area contributed by atoms with E-state index < -0.39 is 0 Å². The summed E-state index contributed by atoms with van der Waals surface area (Å²) in [4.78, 5) is 9.92. The van der Waals surface area contributed by atoms with Crippen molar-refractivity contribution in [3.8, 4) is 0 Å². The van der Waals surface area contributed by atoms with Gasteiger partial charge in [-0.2, -0.15) is 0 Å². The smallest absolute Gasteiger partial charge is 0.225 e. The summed E-state index contributed by atoms with van der Waals surface area (Å²) in [5, 5.41) is 0. The van der Waals surface area contributed by atoms with Crippen LogP contribution in [0.5, 0.6) is 0 Å². The van der Waals surface area contributed by atoms with Crippen LogP contribution in [0, 0.1) is 6.92 Å². The molecule has 0 aromatic heterocycles. The third-order valence-corrected chi connectivity index (χ3v) is 3.51. The van der Waals surface area contributed by atoms with Gasteiger partial charge in [-0.15, -0.1) is 0 Å². The molecule has 2 aromatic rings. The Balaban J connectivity index is 0.000000231. The van der Waals surface area contributed by atoms with E-state index in [2.05, 4.69) is 49.0 Å². The molecule has 2 N–H and O–H groups in total. The Morgan fingerprint density at radius 3 is 1.83 bits per heavy atom. The molecule has 0 aliphatic carbocycles. The number of carbonyl (C=O) groups is 1. The zero-order chi connectivity index (χ0) is 16.9. The lowest BCUT2D eigenvalue weighted by molar-refractivity contribution is -0.109. The second-order valence-electron chi connectivity index (χ2n) is 5.52. The summed E-state index contributed by atoms with van der Waals surface area (Å²) in [6.45, 7) is 6.41. The lowest BCUT2D eigenvalue weighted by Crippen LogP contribution is -2.19. The Kier molecular flexibility index (Phi) is 9.22. The van der Waals surface area contributed by atoms with Crippen LogP contribution < -0.4 is 10.9 Å². The van der Waals surface area contributed by atoms with E-state index in [1.54, 1.807) is 0 Å². The largest absolute Gasteiger partial charge is 0.299 e. The lowest BCUT2D eigenvalue weighted by Gasteiger charge is -2.05. The second-order valence-corrected chi connectivity index (χ2v) is 5.52. The molecule has 1 amide bonds. The Morgan fingerprint density at radius 2 is 1.39 bits per heavy atom. The summed E-state index contributed by atoms with van der Waals surface area (Å²) in [6, 6.07) is 16.7. The molecule has 3 heteroatoms. The third kappa shape index (κ3) is 7.50. The van der Waals surface area contributed by atoms with Crippen LogP contribution in [-0.4, -0.2) is 6.41 Å². The van der Waals surface area contributed by atoms with Gasteiger partial charge in [0.1, 0.15) is 0 Å². The highest BCUT2D eigenvalue weighted by molar-refractivity contribution is 5.55. The van der Waals surface area contributed by atoms with Crippen LogP contribution in [0.1, 0.15) is 43.4 Å². The van der Waals surface area contributed by atoms with Crippen molar-refractivity contribution in [3.05, 3.63) is 65.2 Å². The molecule has 2 aromatic carbocycles. The van der Waals surface area contributed by atoms with Crippen LogP contribution in [0.25, 0.3) is 0 Å². The maximum Gasteiger partial charge on any atom is 0.225 e. The molecule has 0 unspecified atom stereocenters. The number of benzene rings is 2. The van der Waals surface area contributed by atoms with Gasteiger partial charge in [0.25, 0.3) is 0 Å². The molecule has 0 fully saturated rings. The van der Waals surface area contributed by atoms with Crippen molar-refractivity contribution in [2.24, 2.45) is 0 Å². The number of hydrogen-bond donors (Lipinski definition) is 2. The molecule has 0 aliphatic rings. The maximum absolute atomic E-state index is 9.92. The van der Waals surface area contributed by atoms with Crippen LogP contribution in [-0.2, 0) is 17.6 Å². The van der Waals surface area contributed by atoms with E-state index in [0.717, 1.165) is 11.3 Å². The molecule has 0 spiro atoms. The first-order valence-corrected chi connectivity index (χ1v) is 8.29. The molecule has 0 radical (unpaired) electrons. The Bertz CT molecular complexity index is 539. The maximum atomic E-state index is 9.92. The predicted octanol–water partition coefficient (Wildman–Crippen LogP) is 4.66. The average Bonchev–Trinajstić information content (AvgIpc) is 2.57. The van der Waals surface area contributed by atoms with Gasteiger partial charge in [0, 0.05) is 0 Å². The number of aryl methyl sites for hydroxylation is 3. The van der Waals surface area contributed by atoms with Crippen LogP contribution in [0.3, 0.4) is 0 Å². The molecule has 3 nitrogen and oxygen atoms in total. The highest BCUT2D eigenvalue weighted by Gasteiger charge is 1.93. The standard InChI is InChI=1S/C12H18.C8H10N2O/c1-3-5-11-7-9-12(6-4-2)10-8-11;1-7-4-2-3-5-8(7)10-9-6-11/h7-10H,3-6H2,1-2H3;2-6,10H,1H3,(H,9,11). The van der Waals surface area contributed by atoms with Gasteiger partial charge in [-0.05, 0) is 42.5 Å². The topological polar surface area (TPSA) is 41.1 Å². The van der Waals surface area contributed by atoms with Crippen molar-refractivity contribution in [1.82, 2.24) is 5.43 Å². The average molecular weight is 312 g/mol. The zero-order valence-corrected chi connectivity index (χ0v) is 14.4. The fourth-order valence-electron chi connectivity index (χ4n) is 2.27. The first-order chi connectivity index (χ1) is 11.2. The SMILES string of the molecule is CCCc1ccc(CCC)cc1.Cc1ccccc1NNC=O. The number of rotatable bonds is 7. The number of anilines is 1. The van der Waals surface area contributed by atoms with Crippen molar-refractivity contribution >= 4 is 12.1 Å². The number of para-hydroxylation sites is 1. The molecule has 0 saturated carbocycles. The fraction of sp³-hybridized carbons (Fsp3) is 0.350. The molecule has 0 saturated heterocycles. The van der Waals surface area contributed by atoms with Gasteiger partial charge < -0.3 is 0 Å². The summed E-state index contributed by atoms with van der Waals surface area (Å²) in [5.41, 5.74) is 10.1. The van der Waals surface area contributed by atoms with Gasteiger partial charge in [0.15, 0.2) is 0 Å². The van der Waals surface area contributed by atoms with Gasteiger partial charge in [0.2, 0.25) is 6.41 Å². The third-order valence-electron chi connectivity index (χ3n) is 3.51. The molecule has 2 rings (SSSR count). The van der Waals surface area contributed by atoms with Crippen molar-refractivity contribution in [2.75, 3.05) is 5.43 Å². The number of carbonyl (C=O) groups excluding carboxylic acids is 1. The van der Waals surface area contributed by atoms with Gasteiger partial charge >= 0.3 is 0 Å². The number of nitrogens with one attached hydrogen (secondary N) is 2. The molecular formula is C20H28N2O. The van der Waals surface area contributed by atoms with E-state index in [4.69, 9.17) is 0 Å². The number of hydrazine groups is 1. The van der Waals surface area contributed by atoms with E-state index in [0.29, 0.717) is 6.41 Å². The molecule has 23 heavy (non-hydrogen) atoms. The van der Waals surface area contributed by atoms with Crippen molar-refractivity contribution in [2.45, 2.75) is 46.5 Å². The van der Waals surface area contributed by atoms with Gasteiger partial charge in [-0.25, -0.2) is 0 Å². The van der Waals surface area contributed by atoms with Gasteiger partial charge in [-0.3, -0.25) is 15.6 Å². The second kappa shape index (κ2) is 11.3. The summed E-state index contributed by atoms with van der Waals surface area (Å²) < 4.78 is 0. The molecule has 0 aliphatic heterocycles. The minimum atomic E-state index is 0.604. The highest BCUT2D eigenvalue weighted by Crippen LogP contribution is 2.11. The van der Waals surface area contributed by atoms with Crippen molar-refractivity contribution in [3.63, 3.8) is 0 Å². The Morgan fingerprint density at radius 1 is 0.870 bits per heavy atom. The highest BCUT2D eigenvalue weighted by atomic mass is 16.1. The van der Waals surface area contributed by atoms with Crippen molar-refractivity contribution in [1.29, 1.82) is 0 Å². The predicted molar refractivity (Wildman–Crippen MR) is 98.4 cm³/mol. The van der Waals surface area contributed by atoms with E-state index in [9.17, 15) is 4.79 Å². The minimum absolute atomic E-state index is 0.604. The Labute approximate surface area is 140 Å². The fourth-order valence-corrected chi connectivity index (χ4v) is 2.27. The molecule has 0 atom stereocenters. The summed E-state index contributed by atoms with van der Waals surface area (Å²) in [5.74, 6) is 0. The first kappa shape index (κ1) is 18.8. The zero-order valence-electron chi connectivity index (χ0n) is 14.4. The van der Waals surface area contributed by atoms with Gasteiger partial charge in [0.05, 0.1) is 5.69 Å². The quantitative estimate of drug-likeness (QED) is 0.576. The monoisotopic (exact) mass is 312 g/mol.